The Morgan fingerprint density at radius 2 is 2.33 bits per heavy atom. The second-order valence-electron chi connectivity index (χ2n) is 4.06. The zero-order chi connectivity index (χ0) is 13.1. The lowest BCUT2D eigenvalue weighted by Gasteiger charge is -2.10. The maximum absolute atomic E-state index is 13.1. The third kappa shape index (κ3) is 2.62. The molecule has 0 spiro atoms. The molecule has 1 amide bonds. The van der Waals surface area contributed by atoms with Gasteiger partial charge >= 0.3 is 5.69 Å². The Bertz CT molecular complexity index is 486. The molecular formula is C11H12FN3O3. The van der Waals surface area contributed by atoms with Crippen LogP contribution in [0.25, 0.3) is 0 Å². The van der Waals surface area contributed by atoms with Crippen LogP contribution in [0.3, 0.4) is 0 Å². The van der Waals surface area contributed by atoms with E-state index in [0.717, 1.165) is 31.5 Å². The quantitative estimate of drug-likeness (QED) is 0.630. The molecule has 1 aliphatic heterocycles. The summed E-state index contributed by atoms with van der Waals surface area (Å²) in [5.74, 6) is -1.18. The fraction of sp³-hybridized carbons (Fsp3) is 0.364. The molecule has 1 heterocycles. The van der Waals surface area contributed by atoms with E-state index in [9.17, 15) is 19.3 Å². The Kier molecular flexibility index (Phi) is 3.52. The van der Waals surface area contributed by atoms with Crippen molar-refractivity contribution in [3.05, 3.63) is 34.1 Å². The van der Waals surface area contributed by atoms with Gasteiger partial charge in [0.15, 0.2) is 0 Å². The summed E-state index contributed by atoms with van der Waals surface area (Å²) in [6, 6.07) is 3.00. The molecule has 2 N–H and O–H groups in total. The lowest BCUT2D eigenvalue weighted by Crippen LogP contribution is -2.35. The SMILES string of the molecule is O=C(Nc1ccc(F)c([N+](=O)[O-])c1)[C@@H]1CCCN1. The molecule has 1 saturated heterocycles. The minimum Gasteiger partial charge on any atom is -0.324 e. The third-order valence-electron chi connectivity index (χ3n) is 2.79. The molecular weight excluding hydrogens is 241 g/mol. The second-order valence-corrected chi connectivity index (χ2v) is 4.06. The van der Waals surface area contributed by atoms with Crippen molar-refractivity contribution >= 4 is 17.3 Å². The number of hydrogen-bond acceptors (Lipinski definition) is 4. The fourth-order valence-corrected chi connectivity index (χ4v) is 1.87. The summed E-state index contributed by atoms with van der Waals surface area (Å²) in [7, 11) is 0. The van der Waals surface area contributed by atoms with Gasteiger partial charge in [0, 0.05) is 11.8 Å². The van der Waals surface area contributed by atoms with Gasteiger partial charge in [0.1, 0.15) is 0 Å². The van der Waals surface area contributed by atoms with Crippen LogP contribution in [0.2, 0.25) is 0 Å². The standard InChI is InChI=1S/C11H12FN3O3/c12-8-4-3-7(6-10(8)15(17)18)14-11(16)9-2-1-5-13-9/h3-4,6,9,13H,1-2,5H2,(H,14,16)/t9-/m0/s1. The monoisotopic (exact) mass is 253 g/mol. The number of nitrogens with one attached hydrogen (secondary N) is 2. The molecule has 7 heteroatoms. The molecule has 0 saturated carbocycles. The van der Waals surface area contributed by atoms with Crippen LogP contribution in [0.15, 0.2) is 18.2 Å². The van der Waals surface area contributed by atoms with Crippen molar-refractivity contribution in [3.8, 4) is 0 Å². The van der Waals surface area contributed by atoms with Crippen molar-refractivity contribution in [3.63, 3.8) is 0 Å². The van der Waals surface area contributed by atoms with Crippen LogP contribution in [0.5, 0.6) is 0 Å². The molecule has 2 rings (SSSR count). The number of halogens is 1. The maximum Gasteiger partial charge on any atom is 0.306 e. The summed E-state index contributed by atoms with van der Waals surface area (Å²) in [4.78, 5) is 21.5. The van der Waals surface area contributed by atoms with Crippen LogP contribution < -0.4 is 10.6 Å². The summed E-state index contributed by atoms with van der Waals surface area (Å²) < 4.78 is 13.1. The normalized spacial score (nSPS) is 18.6. The van der Waals surface area contributed by atoms with Crippen molar-refractivity contribution < 1.29 is 14.1 Å². The van der Waals surface area contributed by atoms with Crippen molar-refractivity contribution in [2.24, 2.45) is 0 Å². The maximum atomic E-state index is 13.1. The van der Waals surface area contributed by atoms with Crippen LogP contribution in [-0.4, -0.2) is 23.4 Å². The summed E-state index contributed by atoms with van der Waals surface area (Å²) in [6.07, 6.45) is 1.65. The van der Waals surface area contributed by atoms with Crippen LogP contribution in [0, 0.1) is 15.9 Å². The average molecular weight is 253 g/mol. The smallest absolute Gasteiger partial charge is 0.306 e. The van der Waals surface area contributed by atoms with Gasteiger partial charge in [-0.2, -0.15) is 4.39 Å². The number of rotatable bonds is 3. The number of hydrogen-bond donors (Lipinski definition) is 2. The van der Waals surface area contributed by atoms with E-state index >= 15 is 0 Å². The van der Waals surface area contributed by atoms with Crippen molar-refractivity contribution in [2.45, 2.75) is 18.9 Å². The number of benzene rings is 1. The van der Waals surface area contributed by atoms with Gasteiger partial charge in [0.2, 0.25) is 11.7 Å². The van der Waals surface area contributed by atoms with Gasteiger partial charge in [-0.3, -0.25) is 14.9 Å². The molecule has 0 aromatic heterocycles. The van der Waals surface area contributed by atoms with E-state index < -0.39 is 16.4 Å². The van der Waals surface area contributed by atoms with Crippen LogP contribution in [0.1, 0.15) is 12.8 Å². The highest BCUT2D eigenvalue weighted by atomic mass is 19.1. The van der Waals surface area contributed by atoms with E-state index in [1.54, 1.807) is 0 Å². The molecule has 0 bridgehead atoms. The molecule has 1 aliphatic rings. The summed E-state index contributed by atoms with van der Waals surface area (Å²) >= 11 is 0. The highest BCUT2D eigenvalue weighted by molar-refractivity contribution is 5.95. The van der Waals surface area contributed by atoms with Crippen molar-refractivity contribution in [1.82, 2.24) is 5.32 Å². The Labute approximate surface area is 102 Å². The van der Waals surface area contributed by atoms with Crippen LogP contribution >= 0.6 is 0 Å². The number of anilines is 1. The fourth-order valence-electron chi connectivity index (χ4n) is 1.87. The number of carbonyl (C=O) groups is 1. The minimum atomic E-state index is -0.919. The molecule has 1 atom stereocenters. The summed E-state index contributed by atoms with van der Waals surface area (Å²) in [5.41, 5.74) is -0.422. The van der Waals surface area contributed by atoms with Crippen LogP contribution in [0.4, 0.5) is 15.8 Å². The topological polar surface area (TPSA) is 84.3 Å². The molecule has 18 heavy (non-hydrogen) atoms. The Hall–Kier alpha value is -2.02. The first-order valence-electron chi connectivity index (χ1n) is 5.56. The number of nitrogens with zero attached hydrogens (tertiary/aromatic N) is 1. The van der Waals surface area contributed by atoms with Crippen LogP contribution in [-0.2, 0) is 4.79 Å². The Morgan fingerprint density at radius 3 is 2.94 bits per heavy atom. The van der Waals surface area contributed by atoms with Gasteiger partial charge in [-0.1, -0.05) is 0 Å². The van der Waals surface area contributed by atoms with Gasteiger partial charge in [-0.15, -0.1) is 0 Å². The molecule has 0 aliphatic carbocycles. The zero-order valence-corrected chi connectivity index (χ0v) is 9.48. The lowest BCUT2D eigenvalue weighted by atomic mass is 10.2. The Morgan fingerprint density at radius 1 is 1.56 bits per heavy atom. The zero-order valence-electron chi connectivity index (χ0n) is 9.48. The van der Waals surface area contributed by atoms with Gasteiger partial charge in [0.05, 0.1) is 11.0 Å². The Balaban J connectivity index is 2.11. The largest absolute Gasteiger partial charge is 0.324 e. The van der Waals surface area contributed by atoms with E-state index in [0.29, 0.717) is 0 Å². The minimum absolute atomic E-state index is 0.224. The van der Waals surface area contributed by atoms with E-state index in [1.807, 2.05) is 0 Å². The first kappa shape index (κ1) is 12.4. The molecule has 6 nitrogen and oxygen atoms in total. The average Bonchev–Trinajstić information content (AvgIpc) is 2.85. The van der Waals surface area contributed by atoms with Crippen molar-refractivity contribution in [1.29, 1.82) is 0 Å². The highest BCUT2D eigenvalue weighted by Gasteiger charge is 2.23. The second kappa shape index (κ2) is 5.09. The summed E-state index contributed by atoms with van der Waals surface area (Å²) in [6.45, 7) is 0.779. The van der Waals surface area contributed by atoms with E-state index in [1.165, 1.54) is 6.07 Å². The van der Waals surface area contributed by atoms with E-state index in [2.05, 4.69) is 10.6 Å². The molecule has 1 aromatic carbocycles. The first-order chi connectivity index (χ1) is 8.58. The predicted molar refractivity (Wildman–Crippen MR) is 62.7 cm³/mol. The molecule has 1 fully saturated rings. The predicted octanol–water partition coefficient (Wildman–Crippen LogP) is 1.42. The van der Waals surface area contributed by atoms with E-state index in [-0.39, 0.29) is 17.6 Å². The van der Waals surface area contributed by atoms with Gasteiger partial charge in [0.25, 0.3) is 0 Å². The molecule has 1 aromatic rings. The first-order valence-corrected chi connectivity index (χ1v) is 5.56. The molecule has 0 unspecified atom stereocenters. The number of nitro groups is 1. The summed E-state index contributed by atoms with van der Waals surface area (Å²) in [5, 5.41) is 16.1. The van der Waals surface area contributed by atoms with Gasteiger partial charge in [-0.25, -0.2) is 0 Å². The van der Waals surface area contributed by atoms with E-state index in [4.69, 9.17) is 0 Å². The van der Waals surface area contributed by atoms with Crippen molar-refractivity contribution in [2.75, 3.05) is 11.9 Å². The van der Waals surface area contributed by atoms with Gasteiger partial charge < -0.3 is 10.6 Å². The number of amides is 1. The lowest BCUT2D eigenvalue weighted by molar-refractivity contribution is -0.387. The molecule has 96 valence electrons. The molecule has 0 radical (unpaired) electrons. The van der Waals surface area contributed by atoms with Gasteiger partial charge in [-0.05, 0) is 31.5 Å². The number of carbonyl (C=O) groups excluding carboxylic acids is 1. The third-order valence-corrected chi connectivity index (χ3v) is 2.79. The number of nitro benzene ring substituents is 1. The highest BCUT2D eigenvalue weighted by Crippen LogP contribution is 2.22.